The van der Waals surface area contributed by atoms with Crippen LogP contribution in [0.4, 0.5) is 0 Å². The van der Waals surface area contributed by atoms with Crippen LogP contribution < -0.4 is 0 Å². The summed E-state index contributed by atoms with van der Waals surface area (Å²) >= 11 is 0. The minimum atomic E-state index is 0.295. The molecule has 0 amide bonds. The quantitative estimate of drug-likeness (QED) is 0.668. The van der Waals surface area contributed by atoms with Crippen molar-refractivity contribution in [2.75, 3.05) is 13.6 Å². The molecule has 1 aromatic carbocycles. The summed E-state index contributed by atoms with van der Waals surface area (Å²) in [5.74, 6) is 0. The lowest BCUT2D eigenvalue weighted by atomic mass is 9.98. The third-order valence-corrected chi connectivity index (χ3v) is 2.72. The number of nitrogens with zero attached hydrogens (tertiary/aromatic N) is 2. The molecule has 0 atom stereocenters. The standard InChI is InChI=1S/C11H14N2O/c1-13-5-4-10-6-9(7-12-14)2-3-11(10)8-13/h2-3,6H,4-5,7-8H2,1H3. The van der Waals surface area contributed by atoms with Gasteiger partial charge in [-0.15, -0.1) is 0 Å². The number of hydrogen-bond acceptors (Lipinski definition) is 3. The Hall–Kier alpha value is -1.22. The van der Waals surface area contributed by atoms with Crippen LogP contribution in [0.25, 0.3) is 0 Å². The summed E-state index contributed by atoms with van der Waals surface area (Å²) < 4.78 is 0. The Balaban J connectivity index is 2.26. The third-order valence-electron chi connectivity index (χ3n) is 2.72. The molecule has 0 spiro atoms. The van der Waals surface area contributed by atoms with Crippen LogP contribution in [0.5, 0.6) is 0 Å². The molecular formula is C11H14N2O. The van der Waals surface area contributed by atoms with E-state index in [0.29, 0.717) is 6.54 Å². The Labute approximate surface area is 83.7 Å². The Morgan fingerprint density at radius 2 is 2.29 bits per heavy atom. The molecule has 74 valence electrons. The molecule has 3 heteroatoms. The lowest BCUT2D eigenvalue weighted by Crippen LogP contribution is -2.26. The van der Waals surface area contributed by atoms with Crippen molar-refractivity contribution in [3.63, 3.8) is 0 Å². The van der Waals surface area contributed by atoms with Gasteiger partial charge in [0.15, 0.2) is 0 Å². The molecular weight excluding hydrogens is 176 g/mol. The van der Waals surface area contributed by atoms with Crippen LogP contribution in [0.2, 0.25) is 0 Å². The van der Waals surface area contributed by atoms with Crippen LogP contribution in [-0.4, -0.2) is 18.5 Å². The number of benzene rings is 1. The van der Waals surface area contributed by atoms with Crippen LogP contribution in [0.15, 0.2) is 23.4 Å². The highest BCUT2D eigenvalue weighted by atomic mass is 16.3. The van der Waals surface area contributed by atoms with Crippen LogP contribution in [0, 0.1) is 4.91 Å². The maximum Gasteiger partial charge on any atom is 0.106 e. The maximum atomic E-state index is 10.1. The van der Waals surface area contributed by atoms with E-state index in [9.17, 15) is 4.91 Å². The van der Waals surface area contributed by atoms with Crippen molar-refractivity contribution in [2.24, 2.45) is 5.18 Å². The first kappa shape index (κ1) is 9.34. The normalized spacial score (nSPS) is 16.4. The molecule has 0 aliphatic carbocycles. The highest BCUT2D eigenvalue weighted by molar-refractivity contribution is 5.33. The average molecular weight is 190 g/mol. The molecule has 0 fully saturated rings. The number of rotatable bonds is 2. The van der Waals surface area contributed by atoms with Crippen molar-refractivity contribution in [3.8, 4) is 0 Å². The molecule has 0 bridgehead atoms. The molecule has 0 N–H and O–H groups in total. The molecule has 0 saturated carbocycles. The first-order chi connectivity index (χ1) is 6.79. The second-order valence-corrected chi connectivity index (χ2v) is 3.88. The molecule has 0 aromatic heterocycles. The highest BCUT2D eigenvalue weighted by Crippen LogP contribution is 2.19. The molecule has 1 heterocycles. The van der Waals surface area contributed by atoms with Crippen molar-refractivity contribution in [3.05, 3.63) is 39.8 Å². The second kappa shape index (κ2) is 3.88. The summed E-state index contributed by atoms with van der Waals surface area (Å²) in [6.07, 6.45) is 1.08. The van der Waals surface area contributed by atoms with E-state index in [1.165, 1.54) is 11.1 Å². The van der Waals surface area contributed by atoms with Crippen LogP contribution in [-0.2, 0) is 19.5 Å². The predicted octanol–water partition coefficient (Wildman–Crippen LogP) is 1.94. The maximum absolute atomic E-state index is 10.1. The smallest absolute Gasteiger partial charge is 0.106 e. The fourth-order valence-corrected chi connectivity index (χ4v) is 1.92. The Morgan fingerprint density at radius 3 is 3.07 bits per heavy atom. The van der Waals surface area contributed by atoms with Gasteiger partial charge in [-0.2, -0.15) is 4.91 Å². The van der Waals surface area contributed by atoms with E-state index >= 15 is 0 Å². The van der Waals surface area contributed by atoms with Crippen LogP contribution >= 0.6 is 0 Å². The summed E-state index contributed by atoms with van der Waals surface area (Å²) in [5, 5.41) is 2.91. The van der Waals surface area contributed by atoms with Gasteiger partial charge in [0.1, 0.15) is 6.54 Å². The van der Waals surface area contributed by atoms with Crippen LogP contribution in [0.1, 0.15) is 16.7 Å². The Morgan fingerprint density at radius 1 is 1.43 bits per heavy atom. The molecule has 14 heavy (non-hydrogen) atoms. The van der Waals surface area contributed by atoms with E-state index in [-0.39, 0.29) is 0 Å². The van der Waals surface area contributed by atoms with Gasteiger partial charge >= 0.3 is 0 Å². The third kappa shape index (κ3) is 1.82. The second-order valence-electron chi connectivity index (χ2n) is 3.88. The van der Waals surface area contributed by atoms with Crippen molar-refractivity contribution in [1.29, 1.82) is 0 Å². The molecule has 0 saturated heterocycles. The van der Waals surface area contributed by atoms with E-state index in [1.807, 2.05) is 6.07 Å². The van der Waals surface area contributed by atoms with Crippen molar-refractivity contribution in [2.45, 2.75) is 19.5 Å². The van der Waals surface area contributed by atoms with E-state index in [1.54, 1.807) is 0 Å². The summed E-state index contributed by atoms with van der Waals surface area (Å²) in [6.45, 7) is 2.41. The van der Waals surface area contributed by atoms with Crippen molar-refractivity contribution in [1.82, 2.24) is 4.90 Å². The summed E-state index contributed by atoms with van der Waals surface area (Å²) in [6, 6.07) is 6.23. The van der Waals surface area contributed by atoms with E-state index in [4.69, 9.17) is 0 Å². The average Bonchev–Trinajstić information content (AvgIpc) is 2.19. The molecule has 2 rings (SSSR count). The van der Waals surface area contributed by atoms with Gasteiger partial charge in [0.25, 0.3) is 0 Å². The summed E-state index contributed by atoms with van der Waals surface area (Å²) in [5.41, 5.74) is 3.79. The van der Waals surface area contributed by atoms with Gasteiger partial charge in [-0.1, -0.05) is 23.4 Å². The Kier molecular flexibility index (Phi) is 2.59. The SMILES string of the molecule is CN1CCc2cc(CN=O)ccc2C1. The zero-order chi connectivity index (χ0) is 9.97. The van der Waals surface area contributed by atoms with Gasteiger partial charge in [0, 0.05) is 13.1 Å². The lowest BCUT2D eigenvalue weighted by Gasteiger charge is -2.25. The topological polar surface area (TPSA) is 32.7 Å². The van der Waals surface area contributed by atoms with Crippen molar-refractivity contribution >= 4 is 0 Å². The summed E-state index contributed by atoms with van der Waals surface area (Å²) in [7, 11) is 2.13. The zero-order valence-electron chi connectivity index (χ0n) is 8.36. The molecule has 3 nitrogen and oxygen atoms in total. The van der Waals surface area contributed by atoms with Gasteiger partial charge in [-0.3, -0.25) is 0 Å². The number of nitroso groups, excluding NO2 is 1. The predicted molar refractivity (Wildman–Crippen MR) is 56.0 cm³/mol. The zero-order valence-corrected chi connectivity index (χ0v) is 8.36. The molecule has 1 aromatic rings. The molecule has 0 unspecified atom stereocenters. The number of fused-ring (bicyclic) bond motifs is 1. The van der Waals surface area contributed by atoms with Gasteiger partial charge in [-0.05, 0) is 30.2 Å². The molecule has 1 aliphatic heterocycles. The number of hydrogen-bond donors (Lipinski definition) is 0. The van der Waals surface area contributed by atoms with E-state index in [2.05, 4.69) is 29.3 Å². The van der Waals surface area contributed by atoms with E-state index in [0.717, 1.165) is 25.1 Å². The largest absolute Gasteiger partial charge is 0.302 e. The first-order valence-corrected chi connectivity index (χ1v) is 4.88. The molecule has 0 radical (unpaired) electrons. The minimum Gasteiger partial charge on any atom is -0.302 e. The first-order valence-electron chi connectivity index (χ1n) is 4.88. The fourth-order valence-electron chi connectivity index (χ4n) is 1.92. The monoisotopic (exact) mass is 190 g/mol. The van der Waals surface area contributed by atoms with Gasteiger partial charge < -0.3 is 4.90 Å². The van der Waals surface area contributed by atoms with Crippen LogP contribution in [0.3, 0.4) is 0 Å². The van der Waals surface area contributed by atoms with Gasteiger partial charge in [-0.25, -0.2) is 0 Å². The van der Waals surface area contributed by atoms with E-state index < -0.39 is 0 Å². The molecule has 1 aliphatic rings. The number of likely N-dealkylation sites (N-methyl/N-ethyl adjacent to an activating group) is 1. The highest BCUT2D eigenvalue weighted by Gasteiger charge is 2.12. The van der Waals surface area contributed by atoms with Gasteiger partial charge in [0.05, 0.1) is 0 Å². The fraction of sp³-hybridized carbons (Fsp3) is 0.455. The van der Waals surface area contributed by atoms with Crippen molar-refractivity contribution < 1.29 is 0 Å². The minimum absolute atomic E-state index is 0.295. The lowest BCUT2D eigenvalue weighted by molar-refractivity contribution is 0.313. The summed E-state index contributed by atoms with van der Waals surface area (Å²) in [4.78, 5) is 12.4. The van der Waals surface area contributed by atoms with Gasteiger partial charge in [0.2, 0.25) is 0 Å². The Bertz CT molecular complexity index is 349.